The molecule has 0 fully saturated rings. The van der Waals surface area contributed by atoms with Gasteiger partial charge in [-0.1, -0.05) is 42.0 Å². The molecule has 128 valence electrons. The van der Waals surface area contributed by atoms with Gasteiger partial charge in [0.2, 0.25) is 0 Å². The number of hydrogen-bond acceptors (Lipinski definition) is 2. The summed E-state index contributed by atoms with van der Waals surface area (Å²) in [5.41, 5.74) is 3.42. The molecule has 2 amide bonds. The molecule has 2 aromatic carbocycles. The molecule has 4 nitrogen and oxygen atoms in total. The number of benzene rings is 2. The lowest BCUT2D eigenvalue weighted by Crippen LogP contribution is -2.44. The maximum Gasteiger partial charge on any atom is 0.317 e. The van der Waals surface area contributed by atoms with Crippen LogP contribution in [-0.4, -0.2) is 28.6 Å². The van der Waals surface area contributed by atoms with Gasteiger partial charge in [0.15, 0.2) is 0 Å². The van der Waals surface area contributed by atoms with Crippen LogP contribution >= 0.6 is 0 Å². The van der Waals surface area contributed by atoms with Crippen molar-refractivity contribution < 1.29 is 9.90 Å². The molecule has 0 saturated heterocycles. The predicted molar refractivity (Wildman–Crippen MR) is 97.1 cm³/mol. The SMILES string of the molecule is CCN(Cc1cccc(C)c1)C(=O)NC(C)Cc1ccc(O)cc1. The molecular weight excluding hydrogens is 300 g/mol. The Balaban J connectivity index is 1.92. The zero-order valence-electron chi connectivity index (χ0n) is 14.6. The number of hydrogen-bond donors (Lipinski definition) is 2. The lowest BCUT2D eigenvalue weighted by Gasteiger charge is -2.24. The van der Waals surface area contributed by atoms with Gasteiger partial charge in [-0.25, -0.2) is 4.79 Å². The Hall–Kier alpha value is -2.49. The molecule has 0 aliphatic heterocycles. The van der Waals surface area contributed by atoms with E-state index in [9.17, 15) is 9.90 Å². The molecule has 0 heterocycles. The molecule has 0 aliphatic rings. The first-order valence-electron chi connectivity index (χ1n) is 8.37. The second kappa shape index (κ2) is 8.39. The second-order valence-electron chi connectivity index (χ2n) is 6.22. The van der Waals surface area contributed by atoms with E-state index in [1.54, 1.807) is 12.1 Å². The van der Waals surface area contributed by atoms with E-state index in [0.717, 1.165) is 17.5 Å². The Bertz CT molecular complexity index is 668. The van der Waals surface area contributed by atoms with Gasteiger partial charge in [0.05, 0.1) is 0 Å². The minimum atomic E-state index is -0.0507. The number of aromatic hydroxyl groups is 1. The number of urea groups is 1. The number of carbonyl (C=O) groups excluding carboxylic acids is 1. The van der Waals surface area contributed by atoms with Crippen LogP contribution in [0.15, 0.2) is 48.5 Å². The number of nitrogens with one attached hydrogen (secondary N) is 1. The van der Waals surface area contributed by atoms with E-state index in [1.165, 1.54) is 5.56 Å². The number of carbonyl (C=O) groups is 1. The maximum absolute atomic E-state index is 12.5. The highest BCUT2D eigenvalue weighted by atomic mass is 16.3. The van der Waals surface area contributed by atoms with Gasteiger partial charge >= 0.3 is 6.03 Å². The van der Waals surface area contributed by atoms with E-state index in [2.05, 4.69) is 24.4 Å². The summed E-state index contributed by atoms with van der Waals surface area (Å²) in [4.78, 5) is 14.3. The predicted octanol–water partition coefficient (Wildman–Crippen LogP) is 3.86. The molecule has 4 heteroatoms. The molecule has 2 rings (SSSR count). The van der Waals surface area contributed by atoms with E-state index >= 15 is 0 Å². The Morgan fingerprint density at radius 3 is 2.50 bits per heavy atom. The summed E-state index contributed by atoms with van der Waals surface area (Å²) < 4.78 is 0. The van der Waals surface area contributed by atoms with Crippen LogP contribution in [0.4, 0.5) is 4.79 Å². The van der Waals surface area contributed by atoms with Crippen molar-refractivity contribution in [1.82, 2.24) is 10.2 Å². The summed E-state index contributed by atoms with van der Waals surface area (Å²) in [6.07, 6.45) is 0.730. The standard InChI is InChI=1S/C20H26N2O2/c1-4-22(14-18-7-5-6-15(2)12-18)20(24)21-16(3)13-17-8-10-19(23)11-9-17/h5-12,16,23H,4,13-14H2,1-3H3,(H,21,24). The van der Waals surface area contributed by atoms with Crippen LogP contribution in [0.2, 0.25) is 0 Å². The fourth-order valence-electron chi connectivity index (χ4n) is 2.70. The molecule has 2 N–H and O–H groups in total. The molecule has 0 saturated carbocycles. The lowest BCUT2D eigenvalue weighted by molar-refractivity contribution is 0.194. The average molecular weight is 326 g/mol. The summed E-state index contributed by atoms with van der Waals surface area (Å²) in [5, 5.41) is 12.4. The topological polar surface area (TPSA) is 52.6 Å². The third kappa shape index (κ3) is 5.30. The molecule has 0 spiro atoms. The third-order valence-electron chi connectivity index (χ3n) is 3.97. The Labute approximate surface area is 144 Å². The molecule has 0 aromatic heterocycles. The molecule has 1 unspecified atom stereocenters. The van der Waals surface area contributed by atoms with Crippen LogP contribution in [0, 0.1) is 6.92 Å². The van der Waals surface area contributed by atoms with E-state index in [4.69, 9.17) is 0 Å². The largest absolute Gasteiger partial charge is 0.508 e. The Morgan fingerprint density at radius 2 is 1.88 bits per heavy atom. The zero-order chi connectivity index (χ0) is 17.5. The van der Waals surface area contributed by atoms with Gasteiger partial charge in [0.1, 0.15) is 5.75 Å². The summed E-state index contributed by atoms with van der Waals surface area (Å²) in [6, 6.07) is 15.3. The van der Waals surface area contributed by atoms with Crippen molar-refractivity contribution >= 4 is 6.03 Å². The quantitative estimate of drug-likeness (QED) is 0.847. The highest BCUT2D eigenvalue weighted by Gasteiger charge is 2.15. The first-order chi connectivity index (χ1) is 11.5. The van der Waals surface area contributed by atoms with E-state index in [1.807, 2.05) is 43.0 Å². The lowest BCUT2D eigenvalue weighted by atomic mass is 10.1. The summed E-state index contributed by atoms with van der Waals surface area (Å²) in [6.45, 7) is 7.30. The van der Waals surface area contributed by atoms with Crippen molar-refractivity contribution in [2.75, 3.05) is 6.54 Å². The Kier molecular flexibility index (Phi) is 6.24. The van der Waals surface area contributed by atoms with Crippen LogP contribution in [0.5, 0.6) is 5.75 Å². The van der Waals surface area contributed by atoms with Crippen molar-refractivity contribution in [3.63, 3.8) is 0 Å². The number of rotatable bonds is 6. The Morgan fingerprint density at radius 1 is 1.17 bits per heavy atom. The van der Waals surface area contributed by atoms with Gasteiger partial charge < -0.3 is 15.3 Å². The van der Waals surface area contributed by atoms with Gasteiger partial charge in [-0.2, -0.15) is 0 Å². The fraction of sp³-hybridized carbons (Fsp3) is 0.350. The molecule has 0 aliphatic carbocycles. The van der Waals surface area contributed by atoms with E-state index < -0.39 is 0 Å². The molecule has 24 heavy (non-hydrogen) atoms. The van der Waals surface area contributed by atoms with Crippen molar-refractivity contribution in [2.45, 2.75) is 39.8 Å². The van der Waals surface area contributed by atoms with Crippen LogP contribution in [-0.2, 0) is 13.0 Å². The van der Waals surface area contributed by atoms with Gasteiger partial charge in [0, 0.05) is 19.1 Å². The monoisotopic (exact) mass is 326 g/mol. The van der Waals surface area contributed by atoms with Gasteiger partial charge in [-0.15, -0.1) is 0 Å². The van der Waals surface area contributed by atoms with Gasteiger partial charge in [0.25, 0.3) is 0 Å². The van der Waals surface area contributed by atoms with Crippen molar-refractivity contribution in [2.24, 2.45) is 0 Å². The van der Waals surface area contributed by atoms with Crippen LogP contribution < -0.4 is 5.32 Å². The van der Waals surface area contributed by atoms with Crippen molar-refractivity contribution in [3.05, 3.63) is 65.2 Å². The van der Waals surface area contributed by atoms with Gasteiger partial charge in [-0.05, 0) is 50.5 Å². The third-order valence-corrected chi connectivity index (χ3v) is 3.97. The number of aryl methyl sites for hydroxylation is 1. The zero-order valence-corrected chi connectivity index (χ0v) is 14.6. The van der Waals surface area contributed by atoms with Crippen LogP contribution in [0.1, 0.15) is 30.5 Å². The number of phenols is 1. The maximum atomic E-state index is 12.5. The average Bonchev–Trinajstić information content (AvgIpc) is 2.54. The van der Waals surface area contributed by atoms with Crippen LogP contribution in [0.25, 0.3) is 0 Å². The van der Waals surface area contributed by atoms with Gasteiger partial charge in [-0.3, -0.25) is 0 Å². The van der Waals surface area contributed by atoms with E-state index in [-0.39, 0.29) is 17.8 Å². The summed E-state index contributed by atoms with van der Waals surface area (Å²) in [7, 11) is 0. The fourth-order valence-corrected chi connectivity index (χ4v) is 2.70. The molecule has 2 aromatic rings. The van der Waals surface area contributed by atoms with E-state index in [0.29, 0.717) is 13.1 Å². The highest BCUT2D eigenvalue weighted by molar-refractivity contribution is 5.74. The molecule has 0 radical (unpaired) electrons. The second-order valence-corrected chi connectivity index (χ2v) is 6.22. The molecular formula is C20H26N2O2. The number of phenolic OH excluding ortho intramolecular Hbond substituents is 1. The van der Waals surface area contributed by atoms with Crippen molar-refractivity contribution in [3.8, 4) is 5.75 Å². The first kappa shape index (κ1) is 17.9. The minimum absolute atomic E-state index is 0.0219. The molecule has 0 bridgehead atoms. The first-order valence-corrected chi connectivity index (χ1v) is 8.37. The van der Waals surface area contributed by atoms with Crippen molar-refractivity contribution in [1.29, 1.82) is 0 Å². The smallest absolute Gasteiger partial charge is 0.317 e. The highest BCUT2D eigenvalue weighted by Crippen LogP contribution is 2.12. The molecule has 1 atom stereocenters. The summed E-state index contributed by atoms with van der Waals surface area (Å²) >= 11 is 0. The number of amides is 2. The minimum Gasteiger partial charge on any atom is -0.508 e. The van der Waals surface area contributed by atoms with Crippen LogP contribution in [0.3, 0.4) is 0 Å². The summed E-state index contributed by atoms with van der Waals surface area (Å²) in [5.74, 6) is 0.255. The number of nitrogens with zero attached hydrogens (tertiary/aromatic N) is 1. The normalized spacial score (nSPS) is 11.8.